The summed E-state index contributed by atoms with van der Waals surface area (Å²) in [4.78, 5) is 11.8. The van der Waals surface area contributed by atoms with Crippen molar-refractivity contribution in [3.63, 3.8) is 0 Å². The molecule has 1 fully saturated rings. The molecule has 0 heterocycles. The van der Waals surface area contributed by atoms with E-state index in [9.17, 15) is 9.18 Å². The molecular weight excluding hydrogens is 205 g/mol. The van der Waals surface area contributed by atoms with Crippen LogP contribution in [0.5, 0.6) is 0 Å². The van der Waals surface area contributed by atoms with Gasteiger partial charge in [-0.15, -0.1) is 0 Å². The zero-order chi connectivity index (χ0) is 11.7. The van der Waals surface area contributed by atoms with Crippen molar-refractivity contribution in [2.45, 2.75) is 32.7 Å². The molecule has 1 aliphatic rings. The molecule has 86 valence electrons. The molecule has 0 bridgehead atoms. The van der Waals surface area contributed by atoms with E-state index >= 15 is 0 Å². The average Bonchev–Trinajstić information content (AvgIpc) is 2.99. The third kappa shape index (κ3) is 2.40. The number of carbonyl (C=O) groups is 1. The van der Waals surface area contributed by atoms with Crippen molar-refractivity contribution in [1.29, 1.82) is 0 Å². The summed E-state index contributed by atoms with van der Waals surface area (Å²) in [6.07, 6.45) is 2.33. The van der Waals surface area contributed by atoms with Crippen molar-refractivity contribution in [1.82, 2.24) is 5.32 Å². The van der Waals surface area contributed by atoms with Crippen LogP contribution in [0.2, 0.25) is 0 Å². The van der Waals surface area contributed by atoms with Crippen molar-refractivity contribution < 1.29 is 9.18 Å². The van der Waals surface area contributed by atoms with Crippen LogP contribution in [-0.4, -0.2) is 11.9 Å². The third-order valence-electron chi connectivity index (χ3n) is 3.06. The van der Waals surface area contributed by atoms with Gasteiger partial charge in [-0.2, -0.15) is 0 Å². The highest BCUT2D eigenvalue weighted by molar-refractivity contribution is 5.94. The summed E-state index contributed by atoms with van der Waals surface area (Å²) in [5.74, 6) is -0.171. The van der Waals surface area contributed by atoms with E-state index in [4.69, 9.17) is 0 Å². The van der Waals surface area contributed by atoms with Crippen LogP contribution in [0.1, 0.15) is 35.7 Å². The van der Waals surface area contributed by atoms with E-state index in [1.165, 1.54) is 6.07 Å². The van der Waals surface area contributed by atoms with Gasteiger partial charge >= 0.3 is 0 Å². The zero-order valence-electron chi connectivity index (χ0n) is 9.59. The average molecular weight is 221 g/mol. The van der Waals surface area contributed by atoms with Gasteiger partial charge < -0.3 is 5.32 Å². The SMILES string of the molecule is Cc1ccc(C(=O)NC(C)C2CC2)c(F)c1. The topological polar surface area (TPSA) is 29.1 Å². The van der Waals surface area contributed by atoms with Gasteiger partial charge in [0, 0.05) is 6.04 Å². The van der Waals surface area contributed by atoms with E-state index in [-0.39, 0.29) is 17.5 Å². The van der Waals surface area contributed by atoms with Gasteiger partial charge in [-0.1, -0.05) is 6.07 Å². The lowest BCUT2D eigenvalue weighted by molar-refractivity contribution is 0.0932. The maximum absolute atomic E-state index is 13.5. The van der Waals surface area contributed by atoms with Crippen LogP contribution in [0, 0.1) is 18.7 Å². The minimum atomic E-state index is -0.444. The van der Waals surface area contributed by atoms with Crippen LogP contribution in [0.3, 0.4) is 0 Å². The molecule has 0 aliphatic heterocycles. The molecule has 0 spiro atoms. The van der Waals surface area contributed by atoms with Crippen LogP contribution in [0.25, 0.3) is 0 Å². The lowest BCUT2D eigenvalue weighted by Gasteiger charge is -2.13. The number of hydrogen-bond donors (Lipinski definition) is 1. The molecule has 1 N–H and O–H groups in total. The van der Waals surface area contributed by atoms with E-state index in [1.54, 1.807) is 19.1 Å². The Labute approximate surface area is 94.9 Å². The smallest absolute Gasteiger partial charge is 0.254 e. The zero-order valence-corrected chi connectivity index (χ0v) is 9.59. The van der Waals surface area contributed by atoms with Crippen molar-refractivity contribution in [3.8, 4) is 0 Å². The summed E-state index contributed by atoms with van der Waals surface area (Å²) in [5, 5.41) is 2.84. The molecule has 0 aromatic heterocycles. The molecule has 1 unspecified atom stereocenters. The van der Waals surface area contributed by atoms with E-state index in [1.807, 2.05) is 6.92 Å². The fourth-order valence-corrected chi connectivity index (χ4v) is 1.80. The molecule has 0 saturated heterocycles. The minimum Gasteiger partial charge on any atom is -0.349 e. The molecule has 2 nitrogen and oxygen atoms in total. The predicted molar refractivity (Wildman–Crippen MR) is 60.8 cm³/mol. The Hall–Kier alpha value is -1.38. The first-order chi connectivity index (χ1) is 7.58. The number of rotatable bonds is 3. The quantitative estimate of drug-likeness (QED) is 0.835. The lowest BCUT2D eigenvalue weighted by Crippen LogP contribution is -2.34. The predicted octanol–water partition coefficient (Wildman–Crippen LogP) is 2.66. The van der Waals surface area contributed by atoms with Gasteiger partial charge in [0.25, 0.3) is 5.91 Å². The molecule has 1 aliphatic carbocycles. The summed E-state index contributed by atoms with van der Waals surface area (Å²) in [6, 6.07) is 4.82. The molecule has 16 heavy (non-hydrogen) atoms. The maximum atomic E-state index is 13.5. The van der Waals surface area contributed by atoms with E-state index in [0.29, 0.717) is 5.92 Å². The van der Waals surface area contributed by atoms with Crippen molar-refractivity contribution >= 4 is 5.91 Å². The first kappa shape index (κ1) is 11.1. The van der Waals surface area contributed by atoms with Gasteiger partial charge in [-0.3, -0.25) is 4.79 Å². The molecule has 1 aromatic rings. The van der Waals surface area contributed by atoms with Gasteiger partial charge in [0.1, 0.15) is 5.82 Å². The highest BCUT2D eigenvalue weighted by atomic mass is 19.1. The highest BCUT2D eigenvalue weighted by Gasteiger charge is 2.29. The number of halogens is 1. The van der Waals surface area contributed by atoms with Crippen LogP contribution < -0.4 is 5.32 Å². The largest absolute Gasteiger partial charge is 0.349 e. The number of amides is 1. The maximum Gasteiger partial charge on any atom is 0.254 e. The lowest BCUT2D eigenvalue weighted by atomic mass is 10.1. The van der Waals surface area contributed by atoms with E-state index in [2.05, 4.69) is 5.32 Å². The summed E-state index contributed by atoms with van der Waals surface area (Å²) >= 11 is 0. The molecule has 3 heteroatoms. The molecule has 1 saturated carbocycles. The summed E-state index contributed by atoms with van der Waals surface area (Å²) in [7, 11) is 0. The molecular formula is C13H16FNO. The Kier molecular flexibility index (Phi) is 2.95. The molecule has 0 radical (unpaired) electrons. The van der Waals surface area contributed by atoms with Crippen LogP contribution in [-0.2, 0) is 0 Å². The van der Waals surface area contributed by atoms with Crippen LogP contribution in [0.4, 0.5) is 4.39 Å². The normalized spacial score (nSPS) is 16.9. The fourth-order valence-electron chi connectivity index (χ4n) is 1.80. The Bertz CT molecular complexity index is 412. The number of benzene rings is 1. The molecule has 1 aromatic carbocycles. The van der Waals surface area contributed by atoms with Crippen LogP contribution in [0.15, 0.2) is 18.2 Å². The van der Waals surface area contributed by atoms with Crippen LogP contribution >= 0.6 is 0 Å². The Balaban J connectivity index is 2.07. The second-order valence-electron chi connectivity index (χ2n) is 4.58. The van der Waals surface area contributed by atoms with Gasteiger partial charge in [-0.05, 0) is 50.3 Å². The first-order valence-electron chi connectivity index (χ1n) is 5.65. The first-order valence-corrected chi connectivity index (χ1v) is 5.65. The number of carbonyl (C=O) groups excluding carboxylic acids is 1. The fraction of sp³-hybridized carbons (Fsp3) is 0.462. The van der Waals surface area contributed by atoms with Crippen molar-refractivity contribution in [3.05, 3.63) is 35.1 Å². The van der Waals surface area contributed by atoms with Gasteiger partial charge in [0.2, 0.25) is 0 Å². The monoisotopic (exact) mass is 221 g/mol. The Morgan fingerprint density at radius 3 is 2.75 bits per heavy atom. The Morgan fingerprint density at radius 1 is 1.50 bits per heavy atom. The number of nitrogens with one attached hydrogen (secondary N) is 1. The number of aryl methyl sites for hydroxylation is 1. The highest BCUT2D eigenvalue weighted by Crippen LogP contribution is 2.32. The van der Waals surface area contributed by atoms with E-state index in [0.717, 1.165) is 18.4 Å². The van der Waals surface area contributed by atoms with Gasteiger partial charge in [-0.25, -0.2) is 4.39 Å². The molecule has 1 amide bonds. The second-order valence-corrected chi connectivity index (χ2v) is 4.58. The van der Waals surface area contributed by atoms with Gasteiger partial charge in [0.05, 0.1) is 5.56 Å². The van der Waals surface area contributed by atoms with Gasteiger partial charge in [0.15, 0.2) is 0 Å². The Morgan fingerprint density at radius 2 is 2.19 bits per heavy atom. The standard InChI is InChI=1S/C13H16FNO/c1-8-3-6-11(12(14)7-8)13(16)15-9(2)10-4-5-10/h3,6-7,9-10H,4-5H2,1-2H3,(H,15,16). The van der Waals surface area contributed by atoms with Crippen molar-refractivity contribution in [2.75, 3.05) is 0 Å². The summed E-state index contributed by atoms with van der Waals surface area (Å²) < 4.78 is 13.5. The number of hydrogen-bond acceptors (Lipinski definition) is 1. The third-order valence-corrected chi connectivity index (χ3v) is 3.06. The molecule has 1 atom stereocenters. The minimum absolute atomic E-state index is 0.137. The second kappa shape index (κ2) is 4.24. The summed E-state index contributed by atoms with van der Waals surface area (Å²) in [5.41, 5.74) is 0.961. The molecule has 2 rings (SSSR count). The van der Waals surface area contributed by atoms with E-state index < -0.39 is 5.82 Å². The summed E-state index contributed by atoms with van der Waals surface area (Å²) in [6.45, 7) is 3.78. The van der Waals surface area contributed by atoms with Crippen molar-refractivity contribution in [2.24, 2.45) is 5.92 Å².